The summed E-state index contributed by atoms with van der Waals surface area (Å²) in [6.45, 7) is 3.80. The van der Waals surface area contributed by atoms with Crippen LogP contribution in [-0.2, 0) is 6.42 Å². The number of nitrogens with two attached hydrogens (primary N) is 4. The van der Waals surface area contributed by atoms with Crippen molar-refractivity contribution < 1.29 is 19.1 Å². The summed E-state index contributed by atoms with van der Waals surface area (Å²) < 4.78 is 11.2. The fourth-order valence-corrected chi connectivity index (χ4v) is 3.30. The molecular formula is C19H24N6O4. The Morgan fingerprint density at radius 3 is 2.24 bits per heavy atom. The number of fused-ring (bicyclic) bond motifs is 1. The first-order chi connectivity index (χ1) is 13.5. The number of nitrogen functional groups attached to an aromatic ring is 2. The molecule has 2 aromatic rings. The van der Waals surface area contributed by atoms with Gasteiger partial charge in [-0.2, -0.15) is 0 Å². The Bertz CT molecular complexity index is 1020. The van der Waals surface area contributed by atoms with Crippen molar-refractivity contribution in [2.24, 2.45) is 11.5 Å². The van der Waals surface area contributed by atoms with Crippen LogP contribution in [-0.4, -0.2) is 24.5 Å². The monoisotopic (exact) mass is 400 g/mol. The second kappa shape index (κ2) is 6.97. The lowest BCUT2D eigenvalue weighted by atomic mass is 9.97. The van der Waals surface area contributed by atoms with E-state index in [4.69, 9.17) is 32.4 Å². The Balaban J connectivity index is 2.00. The predicted molar refractivity (Wildman–Crippen MR) is 111 cm³/mol. The van der Waals surface area contributed by atoms with Gasteiger partial charge < -0.3 is 32.4 Å². The molecule has 2 aromatic carbocycles. The number of methoxy groups -OCH3 is 1. The molecule has 0 bridgehead atoms. The summed E-state index contributed by atoms with van der Waals surface area (Å²) in [6.07, 6.45) is 0.505. The number of hydrogen-bond donors (Lipinski definition) is 6. The molecule has 0 spiro atoms. The Hall–Kier alpha value is -3.82. The molecule has 1 aliphatic heterocycles. The van der Waals surface area contributed by atoms with Crippen LogP contribution in [0, 0.1) is 0 Å². The first kappa shape index (κ1) is 19.9. The van der Waals surface area contributed by atoms with E-state index < -0.39 is 17.4 Å². The minimum absolute atomic E-state index is 0.214. The van der Waals surface area contributed by atoms with Gasteiger partial charge in [0.15, 0.2) is 0 Å². The number of hydrogen-bond acceptors (Lipinski definition) is 8. The highest BCUT2D eigenvalue weighted by molar-refractivity contribution is 6.00. The van der Waals surface area contributed by atoms with Crippen molar-refractivity contribution in [2.45, 2.75) is 25.9 Å². The third-order valence-corrected chi connectivity index (χ3v) is 4.60. The van der Waals surface area contributed by atoms with Crippen LogP contribution in [0.4, 0.5) is 22.7 Å². The molecule has 1 heterocycles. The van der Waals surface area contributed by atoms with Crippen LogP contribution in [0.3, 0.4) is 0 Å². The van der Waals surface area contributed by atoms with Crippen molar-refractivity contribution in [3.8, 4) is 11.5 Å². The highest BCUT2D eigenvalue weighted by Gasteiger charge is 2.36. The van der Waals surface area contributed by atoms with Crippen molar-refractivity contribution in [1.29, 1.82) is 0 Å². The maximum absolute atomic E-state index is 11.8. The molecule has 0 aliphatic carbocycles. The molecule has 10 N–H and O–H groups in total. The van der Waals surface area contributed by atoms with Gasteiger partial charge in [-0.1, -0.05) is 0 Å². The molecule has 2 amide bonds. The van der Waals surface area contributed by atoms with Crippen LogP contribution < -0.4 is 43.3 Å². The molecule has 1 aliphatic rings. The second-order valence-electron chi connectivity index (χ2n) is 7.36. The Labute approximate surface area is 167 Å². The van der Waals surface area contributed by atoms with E-state index in [0.717, 1.165) is 0 Å². The molecule has 3 rings (SSSR count). The third kappa shape index (κ3) is 3.64. The first-order valence-corrected chi connectivity index (χ1v) is 8.77. The van der Waals surface area contributed by atoms with Gasteiger partial charge in [-0.3, -0.25) is 20.4 Å². The van der Waals surface area contributed by atoms with Crippen molar-refractivity contribution in [2.75, 3.05) is 29.4 Å². The van der Waals surface area contributed by atoms with E-state index in [2.05, 4.69) is 10.9 Å². The normalized spacial score (nSPS) is 13.9. The molecular weight excluding hydrogens is 376 g/mol. The van der Waals surface area contributed by atoms with Crippen LogP contribution in [0.1, 0.15) is 40.1 Å². The standard InChI is InChI=1S/C19H24N6O4/c1-19(2)7-10-14(12(21)6-9(18(23)27)16(10)29-19)24-25-15-11(20)4-8(17(22)26)5-13(15)28-3/h4-6,24-25H,7,20-21H2,1-3H3,(H2,22,26)(H2,23,27). The number of carbonyl (C=O) groups is 2. The van der Waals surface area contributed by atoms with E-state index in [9.17, 15) is 9.59 Å². The van der Waals surface area contributed by atoms with E-state index in [-0.39, 0.29) is 16.8 Å². The van der Waals surface area contributed by atoms with Gasteiger partial charge in [0, 0.05) is 17.5 Å². The lowest BCUT2D eigenvalue weighted by molar-refractivity contribution is 0.0981. The zero-order chi connectivity index (χ0) is 21.5. The molecule has 10 nitrogen and oxygen atoms in total. The number of nitrogens with one attached hydrogen (secondary N) is 2. The first-order valence-electron chi connectivity index (χ1n) is 8.77. The largest absolute Gasteiger partial charge is 0.494 e. The van der Waals surface area contributed by atoms with Gasteiger partial charge in [-0.15, -0.1) is 0 Å². The van der Waals surface area contributed by atoms with Crippen molar-refractivity contribution in [3.05, 3.63) is 34.9 Å². The molecule has 0 radical (unpaired) electrons. The summed E-state index contributed by atoms with van der Waals surface area (Å²) in [7, 11) is 1.44. The molecule has 0 unspecified atom stereocenters. The van der Waals surface area contributed by atoms with Gasteiger partial charge in [0.05, 0.1) is 29.7 Å². The topological polar surface area (TPSA) is 181 Å². The van der Waals surface area contributed by atoms with E-state index >= 15 is 0 Å². The van der Waals surface area contributed by atoms with E-state index in [1.165, 1.54) is 25.3 Å². The van der Waals surface area contributed by atoms with E-state index in [0.29, 0.717) is 40.5 Å². The van der Waals surface area contributed by atoms with Gasteiger partial charge in [-0.25, -0.2) is 0 Å². The zero-order valence-electron chi connectivity index (χ0n) is 16.4. The maximum Gasteiger partial charge on any atom is 0.252 e. The number of carbonyl (C=O) groups excluding carboxylic acids is 2. The number of ether oxygens (including phenoxy) is 2. The van der Waals surface area contributed by atoms with Crippen LogP contribution in [0.5, 0.6) is 11.5 Å². The number of benzene rings is 2. The van der Waals surface area contributed by atoms with Crippen LogP contribution in [0.25, 0.3) is 0 Å². The smallest absolute Gasteiger partial charge is 0.252 e. The lowest BCUT2D eigenvalue weighted by Crippen LogP contribution is -2.25. The number of anilines is 4. The average molecular weight is 400 g/mol. The molecule has 0 saturated carbocycles. The molecule has 154 valence electrons. The highest BCUT2D eigenvalue weighted by Crippen LogP contribution is 2.45. The van der Waals surface area contributed by atoms with Crippen molar-refractivity contribution >= 4 is 34.6 Å². The van der Waals surface area contributed by atoms with Crippen molar-refractivity contribution in [1.82, 2.24) is 0 Å². The third-order valence-electron chi connectivity index (χ3n) is 4.60. The zero-order valence-corrected chi connectivity index (χ0v) is 16.4. The summed E-state index contributed by atoms with van der Waals surface area (Å²) in [4.78, 5) is 23.2. The summed E-state index contributed by atoms with van der Waals surface area (Å²) >= 11 is 0. The minimum atomic E-state index is -0.627. The van der Waals surface area contributed by atoms with Crippen LogP contribution in [0.2, 0.25) is 0 Å². The molecule has 10 heteroatoms. The van der Waals surface area contributed by atoms with Gasteiger partial charge in [0.2, 0.25) is 5.91 Å². The Morgan fingerprint density at radius 2 is 1.66 bits per heavy atom. The van der Waals surface area contributed by atoms with Gasteiger partial charge >= 0.3 is 0 Å². The molecule has 0 saturated heterocycles. The lowest BCUT2D eigenvalue weighted by Gasteiger charge is -2.19. The van der Waals surface area contributed by atoms with Gasteiger partial charge in [0.25, 0.3) is 5.91 Å². The van der Waals surface area contributed by atoms with Crippen molar-refractivity contribution in [3.63, 3.8) is 0 Å². The number of primary amides is 2. The summed E-state index contributed by atoms with van der Waals surface area (Å²) in [6, 6.07) is 4.37. The number of rotatable bonds is 6. The molecule has 29 heavy (non-hydrogen) atoms. The Kier molecular flexibility index (Phi) is 4.79. The Morgan fingerprint density at radius 1 is 1.03 bits per heavy atom. The maximum atomic E-state index is 11.8. The quantitative estimate of drug-likeness (QED) is 0.309. The SMILES string of the molecule is COc1cc(C(N)=O)cc(N)c1NNc1c(N)cc(C(N)=O)c2c1CC(C)(C)O2. The number of amides is 2. The fraction of sp³-hybridized carbons (Fsp3) is 0.263. The average Bonchev–Trinajstić information content (AvgIpc) is 2.95. The van der Waals surface area contributed by atoms with Gasteiger partial charge in [0.1, 0.15) is 22.8 Å². The highest BCUT2D eigenvalue weighted by atomic mass is 16.5. The van der Waals surface area contributed by atoms with Crippen LogP contribution in [0.15, 0.2) is 18.2 Å². The fourth-order valence-electron chi connectivity index (χ4n) is 3.30. The van der Waals surface area contributed by atoms with Gasteiger partial charge in [-0.05, 0) is 32.0 Å². The minimum Gasteiger partial charge on any atom is -0.494 e. The summed E-state index contributed by atoms with van der Waals surface area (Å²) in [5.74, 6) is -0.548. The second-order valence-corrected chi connectivity index (χ2v) is 7.36. The summed E-state index contributed by atoms with van der Waals surface area (Å²) in [5.41, 5.74) is 31.1. The molecule has 0 atom stereocenters. The predicted octanol–water partition coefficient (Wildman–Crippen LogP) is 1.21. The van der Waals surface area contributed by atoms with E-state index in [1.54, 1.807) is 0 Å². The summed E-state index contributed by atoms with van der Waals surface area (Å²) in [5, 5.41) is 0. The molecule has 0 fully saturated rings. The number of hydrazine groups is 1. The molecule has 0 aromatic heterocycles. The van der Waals surface area contributed by atoms with E-state index in [1.807, 2.05) is 13.8 Å². The van der Waals surface area contributed by atoms with Crippen LogP contribution >= 0.6 is 0 Å².